The number of hydrogen-bond donors (Lipinski definition) is 0. The van der Waals surface area contributed by atoms with Crippen LogP contribution in [0.2, 0.25) is 10.0 Å². The van der Waals surface area contributed by atoms with Crippen molar-refractivity contribution in [2.45, 2.75) is 27.7 Å². The molecule has 158 valence electrons. The molecule has 0 saturated carbocycles. The quantitative estimate of drug-likeness (QED) is 0.297. The molecular formula is C23H22Cl3FeN3. The van der Waals surface area contributed by atoms with Gasteiger partial charge in [0.25, 0.3) is 0 Å². The maximum Gasteiger partial charge on any atom is 2.00 e. The number of para-hydroxylation sites is 2. The van der Waals surface area contributed by atoms with E-state index in [2.05, 4.69) is 21.2 Å². The first-order chi connectivity index (χ1) is 13.4. The number of halogens is 3. The molecule has 0 spiro atoms. The Morgan fingerprint density at radius 1 is 0.900 bits per heavy atom. The van der Waals surface area contributed by atoms with Gasteiger partial charge in [-0.3, -0.25) is 9.98 Å². The molecule has 7 heteroatoms. The Bertz CT molecular complexity index is 950. The van der Waals surface area contributed by atoms with Gasteiger partial charge in [0.2, 0.25) is 0 Å². The maximum atomic E-state index is 6.14. The molecule has 0 amide bonds. The van der Waals surface area contributed by atoms with Crippen LogP contribution in [0, 0.1) is 13.8 Å². The van der Waals surface area contributed by atoms with Crippen molar-refractivity contribution in [3.8, 4) is 0 Å². The Morgan fingerprint density at radius 3 is 1.93 bits per heavy atom. The smallest absolute Gasteiger partial charge is 1.00 e. The maximum absolute atomic E-state index is 6.14. The number of hydrogen-bond acceptors (Lipinski definition) is 3. The standard InChI is InChI=1S/C14H13ClN2.C9H9ClN.ClH.Fe/c1-10-5-3-7-13(15)14(10)17-11(2)12-6-4-8-16-9-12;1-3-11-9-7(2)5-4-6-8(9)10;;/h3-9H,1-2H3;4-6H,1-2H3;1H;/q;-1;;+2/p-1. The molecule has 0 N–H and O–H groups in total. The van der Waals surface area contributed by atoms with Crippen molar-refractivity contribution in [1.82, 2.24) is 4.98 Å². The summed E-state index contributed by atoms with van der Waals surface area (Å²) in [6.07, 6.45) is 6.25. The summed E-state index contributed by atoms with van der Waals surface area (Å²) >= 11 is 12.0. The Kier molecular flexibility index (Phi) is 13.5. The molecule has 30 heavy (non-hydrogen) atoms. The number of rotatable bonds is 3. The van der Waals surface area contributed by atoms with Crippen LogP contribution in [0.4, 0.5) is 11.4 Å². The molecule has 0 radical (unpaired) electrons. The summed E-state index contributed by atoms with van der Waals surface area (Å²) in [5.41, 5.74) is 5.71. The monoisotopic (exact) mass is 501 g/mol. The predicted octanol–water partition coefficient (Wildman–Crippen LogP) is 4.43. The van der Waals surface area contributed by atoms with E-state index in [0.717, 1.165) is 33.8 Å². The van der Waals surface area contributed by atoms with Crippen molar-refractivity contribution >= 4 is 46.5 Å². The molecule has 0 unspecified atom stereocenters. The second-order valence-electron chi connectivity index (χ2n) is 6.09. The van der Waals surface area contributed by atoms with Crippen LogP contribution in [0.25, 0.3) is 0 Å². The van der Waals surface area contributed by atoms with Crippen molar-refractivity contribution in [3.63, 3.8) is 0 Å². The summed E-state index contributed by atoms with van der Waals surface area (Å²) in [4.78, 5) is 12.7. The number of nitrogens with zero attached hydrogens (tertiary/aromatic N) is 3. The van der Waals surface area contributed by atoms with Gasteiger partial charge in [-0.15, -0.1) is 24.1 Å². The van der Waals surface area contributed by atoms with E-state index >= 15 is 0 Å². The summed E-state index contributed by atoms with van der Waals surface area (Å²) in [6, 6.07) is 15.4. The second kappa shape index (κ2) is 14.3. The summed E-state index contributed by atoms with van der Waals surface area (Å²) in [5, 5.41) is 1.35. The molecule has 1 aromatic heterocycles. The summed E-state index contributed by atoms with van der Waals surface area (Å²) < 4.78 is 0. The van der Waals surface area contributed by atoms with Crippen LogP contribution < -0.4 is 12.4 Å². The summed E-state index contributed by atoms with van der Waals surface area (Å²) in [6.45, 7) is 7.69. The van der Waals surface area contributed by atoms with E-state index in [0.29, 0.717) is 10.0 Å². The molecule has 2 aromatic carbocycles. The van der Waals surface area contributed by atoms with Gasteiger partial charge in [0.15, 0.2) is 0 Å². The number of aromatic nitrogens is 1. The van der Waals surface area contributed by atoms with Crippen LogP contribution in [-0.4, -0.2) is 16.9 Å². The molecule has 0 fully saturated rings. The zero-order valence-corrected chi connectivity index (χ0v) is 20.5. The van der Waals surface area contributed by atoms with Crippen molar-refractivity contribution in [2.75, 3.05) is 0 Å². The topological polar surface area (TPSA) is 37.6 Å². The van der Waals surface area contributed by atoms with Crippen molar-refractivity contribution in [1.29, 1.82) is 0 Å². The van der Waals surface area contributed by atoms with Gasteiger partial charge in [-0.2, -0.15) is 6.21 Å². The van der Waals surface area contributed by atoms with Gasteiger partial charge >= 0.3 is 17.1 Å². The van der Waals surface area contributed by atoms with Crippen LogP contribution in [-0.2, 0) is 17.1 Å². The average Bonchev–Trinajstić information content (AvgIpc) is 2.69. The van der Waals surface area contributed by atoms with Crippen LogP contribution in [0.3, 0.4) is 0 Å². The zero-order chi connectivity index (χ0) is 20.5. The molecule has 0 bridgehead atoms. The molecule has 0 aliphatic rings. The Balaban J connectivity index is 0.000000569. The van der Waals surface area contributed by atoms with E-state index in [1.165, 1.54) is 0 Å². The van der Waals surface area contributed by atoms with Crippen LogP contribution >= 0.6 is 23.2 Å². The van der Waals surface area contributed by atoms with Crippen molar-refractivity contribution in [2.24, 2.45) is 9.98 Å². The fourth-order valence-corrected chi connectivity index (χ4v) is 2.98. The van der Waals surface area contributed by atoms with Crippen molar-refractivity contribution in [3.05, 3.63) is 87.7 Å². The minimum atomic E-state index is 0. The largest absolute Gasteiger partial charge is 2.00 e. The van der Waals surface area contributed by atoms with Gasteiger partial charge in [-0.1, -0.05) is 60.6 Å². The zero-order valence-electron chi connectivity index (χ0n) is 17.1. The van der Waals surface area contributed by atoms with E-state index in [1.807, 2.05) is 69.3 Å². The van der Waals surface area contributed by atoms with E-state index in [1.54, 1.807) is 19.3 Å². The first kappa shape index (κ1) is 28.3. The molecule has 3 nitrogen and oxygen atoms in total. The van der Waals surface area contributed by atoms with Gasteiger partial charge in [-0.05, 0) is 36.6 Å². The Hall–Kier alpha value is -1.68. The van der Waals surface area contributed by atoms with Crippen LogP contribution in [0.1, 0.15) is 30.5 Å². The third kappa shape index (κ3) is 8.22. The molecule has 3 rings (SSSR count). The average molecular weight is 503 g/mol. The number of aryl methyl sites for hydroxylation is 2. The second-order valence-corrected chi connectivity index (χ2v) is 6.90. The van der Waals surface area contributed by atoms with Crippen LogP contribution in [0.5, 0.6) is 0 Å². The number of pyridine rings is 1. The fraction of sp³-hybridized carbons (Fsp3) is 0.174. The fourth-order valence-electron chi connectivity index (χ4n) is 2.45. The van der Waals surface area contributed by atoms with Crippen molar-refractivity contribution < 1.29 is 29.5 Å². The van der Waals surface area contributed by atoms with Crippen LogP contribution in [0.15, 0.2) is 70.9 Å². The Morgan fingerprint density at radius 2 is 1.47 bits per heavy atom. The SMILES string of the molecule is CC(=Nc1c(C)cccc1Cl)c1cccnc1.C[C-]=Nc1c(C)cccc1Cl.[Cl-].[Fe+2]. The number of benzene rings is 2. The van der Waals surface area contributed by atoms with Gasteiger partial charge in [0.1, 0.15) is 0 Å². The summed E-state index contributed by atoms with van der Waals surface area (Å²) in [5.74, 6) is 0. The number of aliphatic imine (C=N–C) groups is 2. The molecule has 0 aliphatic heterocycles. The molecule has 0 atom stereocenters. The molecule has 0 saturated heterocycles. The van der Waals surface area contributed by atoms with Gasteiger partial charge in [0, 0.05) is 23.7 Å². The van der Waals surface area contributed by atoms with E-state index < -0.39 is 0 Å². The summed E-state index contributed by atoms with van der Waals surface area (Å²) in [7, 11) is 0. The van der Waals surface area contributed by atoms with E-state index in [-0.39, 0.29) is 29.5 Å². The van der Waals surface area contributed by atoms with E-state index in [4.69, 9.17) is 23.2 Å². The van der Waals surface area contributed by atoms with Gasteiger partial charge in [-0.25, -0.2) is 0 Å². The molecule has 1 heterocycles. The minimum absolute atomic E-state index is 0. The Labute approximate surface area is 205 Å². The van der Waals surface area contributed by atoms with Gasteiger partial charge < -0.3 is 17.4 Å². The predicted molar refractivity (Wildman–Crippen MR) is 121 cm³/mol. The third-order valence-electron chi connectivity index (χ3n) is 3.96. The molecule has 3 aromatic rings. The first-order valence-electron chi connectivity index (χ1n) is 8.77. The van der Waals surface area contributed by atoms with E-state index in [9.17, 15) is 0 Å². The molecule has 0 aliphatic carbocycles. The third-order valence-corrected chi connectivity index (χ3v) is 4.57. The van der Waals surface area contributed by atoms with Gasteiger partial charge in [0.05, 0.1) is 10.7 Å². The normalized spacial score (nSPS) is 10.5. The molecular weight excluding hydrogens is 480 g/mol. The minimum Gasteiger partial charge on any atom is -1.00 e. The first-order valence-corrected chi connectivity index (χ1v) is 9.53.